The second-order valence-electron chi connectivity index (χ2n) is 9.54. The number of hydrogen-bond donors (Lipinski definition) is 4. The molecule has 0 saturated carbocycles. The van der Waals surface area contributed by atoms with Crippen LogP contribution in [0.4, 0.5) is 0 Å². The van der Waals surface area contributed by atoms with Crippen molar-refractivity contribution in [1.29, 1.82) is 0 Å². The van der Waals surface area contributed by atoms with Crippen LogP contribution in [0, 0.1) is 6.92 Å². The average molecular weight is 544 g/mol. The van der Waals surface area contributed by atoms with Gasteiger partial charge in [0.05, 0.1) is 18.7 Å². The van der Waals surface area contributed by atoms with Crippen LogP contribution in [-0.4, -0.2) is 54.9 Å². The molecule has 4 N–H and O–H groups in total. The van der Waals surface area contributed by atoms with Crippen LogP contribution in [0.5, 0.6) is 0 Å². The number of carbonyl (C=O) groups is 2. The topological polar surface area (TPSA) is 146 Å². The lowest BCUT2D eigenvalue weighted by molar-refractivity contribution is 0.0600. The number of sulfonamides is 1. The fourth-order valence-electron chi connectivity index (χ4n) is 5.27. The first-order chi connectivity index (χ1) is 18.8. The minimum atomic E-state index is -4.06. The van der Waals surface area contributed by atoms with E-state index >= 15 is 0 Å². The maximum atomic E-state index is 13.5. The van der Waals surface area contributed by atoms with Gasteiger partial charge in [-0.1, -0.05) is 24.3 Å². The Morgan fingerprint density at radius 1 is 1.08 bits per heavy atom. The number of nitrogens with one attached hydrogen (secondary N) is 4. The Labute approximate surface area is 223 Å². The molecule has 1 amide bonds. The first kappa shape index (κ1) is 24.8. The van der Waals surface area contributed by atoms with E-state index in [1.54, 1.807) is 30.5 Å². The number of ether oxygens (including phenoxy) is 1. The normalized spacial score (nSPS) is 17.5. The van der Waals surface area contributed by atoms with Crippen molar-refractivity contribution in [2.75, 3.05) is 13.7 Å². The van der Waals surface area contributed by atoms with Gasteiger partial charge < -0.3 is 20.0 Å². The summed E-state index contributed by atoms with van der Waals surface area (Å²) in [7, 11) is -2.74. The summed E-state index contributed by atoms with van der Waals surface area (Å²) in [6.45, 7) is 1.85. The number of para-hydroxylation sites is 1. The maximum Gasteiger partial charge on any atom is 0.337 e. The highest BCUT2D eigenvalue weighted by molar-refractivity contribution is 7.89. The number of benzene rings is 2. The van der Waals surface area contributed by atoms with Crippen molar-refractivity contribution in [3.8, 4) is 0 Å². The molecule has 2 atom stereocenters. The molecule has 0 radical (unpaired) electrons. The van der Waals surface area contributed by atoms with Crippen LogP contribution in [0.1, 0.15) is 43.5 Å². The van der Waals surface area contributed by atoms with Gasteiger partial charge in [-0.15, -0.1) is 0 Å². The molecule has 0 aliphatic carbocycles. The van der Waals surface area contributed by atoms with E-state index in [0.29, 0.717) is 22.2 Å². The van der Waals surface area contributed by atoms with Gasteiger partial charge in [0.25, 0.3) is 15.9 Å². The van der Waals surface area contributed by atoms with Crippen LogP contribution in [0.3, 0.4) is 0 Å². The molecular formula is C28H25N5O5S. The van der Waals surface area contributed by atoms with E-state index in [9.17, 15) is 18.0 Å². The second-order valence-corrected chi connectivity index (χ2v) is 11.2. The standard InChI is InChI=1S/C28H25N5O5S/c1-15-7-10-23(30-12-15)39(36,37)33-22-14-31-27(34)26-25(17-5-3-4-6-21(17)32-26)24(22)19-13-29-20-9-8-16(11-18(19)20)28(35)38-2/h3-13,22,24,29,32-33H,14H2,1-2H3,(H,31,34)/t22-,24+/m1/s1. The summed E-state index contributed by atoms with van der Waals surface area (Å²) < 4.78 is 34.8. The number of nitrogens with zero attached hydrogens (tertiary/aromatic N) is 1. The number of aromatic nitrogens is 3. The fraction of sp³-hybridized carbons (Fsp3) is 0.179. The Hall–Kier alpha value is -4.48. The zero-order chi connectivity index (χ0) is 27.3. The van der Waals surface area contributed by atoms with Crippen LogP contribution < -0.4 is 10.0 Å². The Morgan fingerprint density at radius 3 is 2.67 bits per heavy atom. The zero-order valence-corrected chi connectivity index (χ0v) is 21.9. The number of hydrogen-bond acceptors (Lipinski definition) is 6. The number of aromatic amines is 2. The van der Waals surface area contributed by atoms with Gasteiger partial charge in [0, 0.05) is 46.7 Å². The summed E-state index contributed by atoms with van der Waals surface area (Å²) in [4.78, 5) is 36.2. The highest BCUT2D eigenvalue weighted by Crippen LogP contribution is 2.41. The number of rotatable bonds is 5. The molecule has 0 fully saturated rings. The molecule has 10 nitrogen and oxygen atoms in total. The molecule has 5 aromatic rings. The molecule has 2 aromatic carbocycles. The Balaban J connectivity index is 1.57. The second kappa shape index (κ2) is 9.37. The van der Waals surface area contributed by atoms with Gasteiger partial charge in [-0.25, -0.2) is 22.9 Å². The molecule has 1 aliphatic heterocycles. The van der Waals surface area contributed by atoms with E-state index < -0.39 is 28.0 Å². The molecule has 0 saturated heterocycles. The number of fused-ring (bicyclic) bond motifs is 4. The average Bonchev–Trinajstić information content (AvgIpc) is 3.50. The molecule has 1 aliphatic rings. The summed E-state index contributed by atoms with van der Waals surface area (Å²) in [5.41, 5.74) is 4.43. The van der Waals surface area contributed by atoms with E-state index in [4.69, 9.17) is 4.74 Å². The number of H-pyrrole nitrogens is 2. The number of methoxy groups -OCH3 is 1. The summed E-state index contributed by atoms with van der Waals surface area (Å²) in [5.74, 6) is -1.44. The minimum Gasteiger partial charge on any atom is -0.465 e. The van der Waals surface area contributed by atoms with Crippen molar-refractivity contribution in [2.45, 2.75) is 23.9 Å². The molecule has 4 heterocycles. The molecule has 11 heteroatoms. The van der Waals surface area contributed by atoms with Gasteiger partial charge >= 0.3 is 5.97 Å². The third kappa shape index (κ3) is 4.25. The zero-order valence-electron chi connectivity index (χ0n) is 21.1. The Bertz CT molecular complexity index is 1860. The van der Waals surface area contributed by atoms with Gasteiger partial charge in [-0.05, 0) is 53.9 Å². The van der Waals surface area contributed by atoms with Gasteiger partial charge in [0.2, 0.25) is 0 Å². The number of aryl methyl sites for hydroxylation is 1. The van der Waals surface area contributed by atoms with Crippen LogP contribution in [0.25, 0.3) is 21.8 Å². The lowest BCUT2D eigenvalue weighted by Crippen LogP contribution is -2.45. The lowest BCUT2D eigenvalue weighted by Gasteiger charge is -2.26. The van der Waals surface area contributed by atoms with Crippen LogP contribution in [0.15, 0.2) is 72.0 Å². The third-order valence-electron chi connectivity index (χ3n) is 7.11. The maximum absolute atomic E-state index is 13.5. The number of amides is 1. The quantitative estimate of drug-likeness (QED) is 0.250. The van der Waals surface area contributed by atoms with E-state index in [2.05, 4.69) is 25.0 Å². The fourth-order valence-corrected chi connectivity index (χ4v) is 6.45. The lowest BCUT2D eigenvalue weighted by atomic mass is 9.84. The molecule has 0 bridgehead atoms. The first-order valence-electron chi connectivity index (χ1n) is 12.3. The predicted octanol–water partition coefficient (Wildman–Crippen LogP) is 3.36. The molecule has 39 heavy (non-hydrogen) atoms. The number of pyridine rings is 1. The summed E-state index contributed by atoms with van der Waals surface area (Å²) in [5, 5.41) is 4.27. The van der Waals surface area contributed by atoms with E-state index in [1.807, 2.05) is 31.2 Å². The van der Waals surface area contributed by atoms with Gasteiger partial charge in [-0.3, -0.25) is 4.79 Å². The predicted molar refractivity (Wildman–Crippen MR) is 145 cm³/mol. The van der Waals surface area contributed by atoms with Gasteiger partial charge in [0.15, 0.2) is 5.03 Å². The van der Waals surface area contributed by atoms with E-state index in [-0.39, 0.29) is 17.5 Å². The molecule has 198 valence electrons. The monoisotopic (exact) mass is 543 g/mol. The SMILES string of the molecule is COC(=O)c1ccc2[nH]cc([C@@H]3c4c([nH]c5ccccc45)C(=O)NC[C@H]3NS(=O)(=O)c3ccc(C)cn3)c2c1. The summed E-state index contributed by atoms with van der Waals surface area (Å²) in [6, 6.07) is 15.0. The van der Waals surface area contributed by atoms with Crippen molar-refractivity contribution >= 4 is 43.7 Å². The molecule has 0 unspecified atom stereocenters. The largest absolute Gasteiger partial charge is 0.465 e. The van der Waals surface area contributed by atoms with Crippen molar-refractivity contribution in [2.24, 2.45) is 0 Å². The smallest absolute Gasteiger partial charge is 0.337 e. The molecular weight excluding hydrogens is 518 g/mol. The minimum absolute atomic E-state index is 0.0226. The Morgan fingerprint density at radius 2 is 1.90 bits per heavy atom. The van der Waals surface area contributed by atoms with Crippen LogP contribution in [0.2, 0.25) is 0 Å². The van der Waals surface area contributed by atoms with E-state index in [1.165, 1.54) is 19.4 Å². The Kier molecular flexibility index (Phi) is 5.96. The first-order valence-corrected chi connectivity index (χ1v) is 13.8. The highest BCUT2D eigenvalue weighted by Gasteiger charge is 2.38. The van der Waals surface area contributed by atoms with Gasteiger partial charge in [-0.2, -0.15) is 0 Å². The summed E-state index contributed by atoms with van der Waals surface area (Å²) in [6.07, 6.45) is 3.29. The summed E-state index contributed by atoms with van der Waals surface area (Å²) >= 11 is 0. The number of esters is 1. The number of carbonyl (C=O) groups excluding carboxylic acids is 2. The van der Waals surface area contributed by atoms with Crippen molar-refractivity contribution in [3.63, 3.8) is 0 Å². The van der Waals surface area contributed by atoms with Crippen molar-refractivity contribution in [1.82, 2.24) is 25.0 Å². The third-order valence-corrected chi connectivity index (χ3v) is 8.51. The van der Waals surface area contributed by atoms with Gasteiger partial charge in [0.1, 0.15) is 5.69 Å². The molecule has 0 spiro atoms. The van der Waals surface area contributed by atoms with Crippen molar-refractivity contribution in [3.05, 3.63) is 94.9 Å². The molecule has 3 aromatic heterocycles. The van der Waals surface area contributed by atoms with E-state index in [0.717, 1.165) is 27.5 Å². The van der Waals surface area contributed by atoms with Crippen molar-refractivity contribution < 1.29 is 22.7 Å². The van der Waals surface area contributed by atoms with Crippen LogP contribution in [-0.2, 0) is 14.8 Å². The van der Waals surface area contributed by atoms with Crippen LogP contribution >= 0.6 is 0 Å². The highest BCUT2D eigenvalue weighted by atomic mass is 32.2. The molecule has 6 rings (SSSR count).